The van der Waals surface area contributed by atoms with Crippen molar-refractivity contribution >= 4 is 6.29 Å². The zero-order valence-electron chi connectivity index (χ0n) is 14.0. The van der Waals surface area contributed by atoms with Crippen LogP contribution >= 0.6 is 0 Å². The molecule has 0 aromatic heterocycles. The Morgan fingerprint density at radius 1 is 1.05 bits per heavy atom. The molecular weight excluding hydrogens is 256 g/mol. The Morgan fingerprint density at radius 2 is 1.86 bits per heavy atom. The van der Waals surface area contributed by atoms with Gasteiger partial charge in [0.15, 0.2) is 0 Å². The molecule has 0 aromatic carbocycles. The molecule has 1 spiro atoms. The Kier molecular flexibility index (Phi) is 2.83. The number of aldehydes is 1. The van der Waals surface area contributed by atoms with Crippen molar-refractivity contribution in [1.29, 1.82) is 0 Å². The van der Waals surface area contributed by atoms with Crippen LogP contribution in [0.5, 0.6) is 0 Å². The molecule has 0 radical (unpaired) electrons. The first kappa shape index (κ1) is 14.0. The average Bonchev–Trinajstić information content (AvgIpc) is 2.68. The van der Waals surface area contributed by atoms with Crippen LogP contribution in [0.1, 0.15) is 72.1 Å². The Hall–Kier alpha value is -0.590. The molecule has 1 heteroatoms. The Labute approximate surface area is 129 Å². The second-order valence-corrected chi connectivity index (χ2v) is 9.47. The second-order valence-electron chi connectivity index (χ2n) is 9.47. The van der Waals surface area contributed by atoms with Gasteiger partial charge in [-0.3, -0.25) is 4.79 Å². The normalized spacial score (nSPS) is 50.8. The van der Waals surface area contributed by atoms with Crippen molar-refractivity contribution in [3.8, 4) is 0 Å². The van der Waals surface area contributed by atoms with Gasteiger partial charge in [0.2, 0.25) is 0 Å². The summed E-state index contributed by atoms with van der Waals surface area (Å²) in [4.78, 5) is 11.4. The van der Waals surface area contributed by atoms with Crippen molar-refractivity contribution < 1.29 is 4.79 Å². The highest BCUT2D eigenvalue weighted by molar-refractivity contribution is 5.75. The van der Waals surface area contributed by atoms with Gasteiger partial charge in [-0.15, -0.1) is 0 Å². The van der Waals surface area contributed by atoms with E-state index in [0.717, 1.165) is 17.4 Å². The summed E-state index contributed by atoms with van der Waals surface area (Å²) in [7, 11) is 0. The monoisotopic (exact) mass is 286 g/mol. The lowest BCUT2D eigenvalue weighted by atomic mass is 9.41. The van der Waals surface area contributed by atoms with Crippen molar-refractivity contribution in [2.75, 3.05) is 0 Å². The molecule has 4 aliphatic rings. The number of fused-ring (bicyclic) bond motifs is 3. The van der Waals surface area contributed by atoms with Crippen LogP contribution < -0.4 is 0 Å². The van der Waals surface area contributed by atoms with E-state index < -0.39 is 0 Å². The third-order valence-electron chi connectivity index (χ3n) is 8.16. The van der Waals surface area contributed by atoms with Gasteiger partial charge in [-0.1, -0.05) is 33.3 Å². The van der Waals surface area contributed by atoms with Crippen LogP contribution in [0.15, 0.2) is 11.6 Å². The van der Waals surface area contributed by atoms with Gasteiger partial charge in [-0.25, -0.2) is 0 Å². The van der Waals surface area contributed by atoms with Crippen molar-refractivity contribution in [1.82, 2.24) is 0 Å². The van der Waals surface area contributed by atoms with E-state index in [1.165, 1.54) is 57.7 Å². The van der Waals surface area contributed by atoms with Crippen molar-refractivity contribution in [2.24, 2.45) is 34.0 Å². The molecule has 0 N–H and O–H groups in total. The number of carbonyl (C=O) groups excluding carboxylic acids is 1. The number of hydrogen-bond acceptors (Lipinski definition) is 1. The topological polar surface area (TPSA) is 17.1 Å². The number of allylic oxidation sites excluding steroid dienone is 2. The van der Waals surface area contributed by atoms with E-state index in [-0.39, 0.29) is 0 Å². The van der Waals surface area contributed by atoms with Crippen LogP contribution in [0.2, 0.25) is 0 Å². The van der Waals surface area contributed by atoms with Gasteiger partial charge in [0.25, 0.3) is 0 Å². The van der Waals surface area contributed by atoms with E-state index in [4.69, 9.17) is 0 Å². The Balaban J connectivity index is 1.76. The lowest BCUT2D eigenvalue weighted by molar-refractivity contribution is -0.133. The molecule has 0 saturated heterocycles. The molecule has 116 valence electrons. The van der Waals surface area contributed by atoms with Crippen LogP contribution in [0.4, 0.5) is 0 Å². The summed E-state index contributed by atoms with van der Waals surface area (Å²) in [5, 5.41) is 0. The van der Waals surface area contributed by atoms with Crippen LogP contribution in [0, 0.1) is 34.0 Å². The minimum atomic E-state index is 0.387. The maximum absolute atomic E-state index is 11.4. The molecule has 0 aromatic rings. The zero-order chi connectivity index (χ0) is 14.9. The Morgan fingerprint density at radius 3 is 2.62 bits per heavy atom. The van der Waals surface area contributed by atoms with Crippen LogP contribution in [0.3, 0.4) is 0 Å². The van der Waals surface area contributed by atoms with Gasteiger partial charge in [-0.2, -0.15) is 0 Å². The third-order valence-corrected chi connectivity index (χ3v) is 8.16. The van der Waals surface area contributed by atoms with E-state index in [1.54, 1.807) is 0 Å². The van der Waals surface area contributed by atoms with Crippen LogP contribution in [-0.2, 0) is 4.79 Å². The summed E-state index contributed by atoms with van der Waals surface area (Å²) >= 11 is 0. The predicted octanol–water partition coefficient (Wildman–Crippen LogP) is 5.15. The summed E-state index contributed by atoms with van der Waals surface area (Å²) < 4.78 is 0. The van der Waals surface area contributed by atoms with E-state index in [0.29, 0.717) is 22.2 Å². The van der Waals surface area contributed by atoms with Crippen molar-refractivity contribution in [3.05, 3.63) is 11.6 Å². The quantitative estimate of drug-likeness (QED) is 0.609. The standard InChI is InChI=1S/C20H30O/c1-18(2)8-4-9-19(3)16(18)7-10-20-11-14(5-6-17(19)20)15(12-20)13-21/h12-14,16-17H,4-11H2,1-3H3. The number of carbonyl (C=O) groups is 1. The molecule has 0 aliphatic heterocycles. The smallest absolute Gasteiger partial charge is 0.146 e. The molecule has 3 saturated carbocycles. The fourth-order valence-electron chi connectivity index (χ4n) is 7.43. The minimum absolute atomic E-state index is 0.387. The van der Waals surface area contributed by atoms with E-state index in [1.807, 2.05) is 0 Å². The highest BCUT2D eigenvalue weighted by Gasteiger charge is 2.61. The fraction of sp³-hybridized carbons (Fsp3) is 0.850. The van der Waals surface area contributed by atoms with E-state index in [9.17, 15) is 4.79 Å². The first-order chi connectivity index (χ1) is 9.91. The first-order valence-electron chi connectivity index (χ1n) is 9.09. The zero-order valence-corrected chi connectivity index (χ0v) is 14.0. The van der Waals surface area contributed by atoms with Crippen molar-refractivity contribution in [2.45, 2.75) is 72.1 Å². The number of rotatable bonds is 1. The maximum atomic E-state index is 11.4. The molecule has 2 bridgehead atoms. The predicted molar refractivity (Wildman–Crippen MR) is 85.9 cm³/mol. The van der Waals surface area contributed by atoms with E-state index in [2.05, 4.69) is 26.8 Å². The SMILES string of the molecule is CC1(C)CCCC2(C)C1CCC13C=C(C=O)C(CCC12)C3. The third kappa shape index (κ3) is 1.72. The van der Waals surface area contributed by atoms with E-state index >= 15 is 0 Å². The van der Waals surface area contributed by atoms with Gasteiger partial charge in [-0.05, 0) is 84.5 Å². The minimum Gasteiger partial charge on any atom is -0.298 e. The maximum Gasteiger partial charge on any atom is 0.146 e. The molecule has 4 rings (SSSR count). The second kappa shape index (κ2) is 4.24. The lowest BCUT2D eigenvalue weighted by Gasteiger charge is -2.63. The summed E-state index contributed by atoms with van der Waals surface area (Å²) in [6, 6.07) is 0. The molecular formula is C20H30O. The first-order valence-corrected chi connectivity index (χ1v) is 9.09. The Bertz CT molecular complexity index is 502. The highest BCUT2D eigenvalue weighted by atomic mass is 16.1. The van der Waals surface area contributed by atoms with Gasteiger partial charge in [0, 0.05) is 0 Å². The molecule has 5 atom stereocenters. The summed E-state index contributed by atoms with van der Waals surface area (Å²) in [5.41, 5.74) is 2.56. The lowest BCUT2D eigenvalue weighted by Crippen LogP contribution is -2.55. The van der Waals surface area contributed by atoms with Crippen LogP contribution in [0.25, 0.3) is 0 Å². The largest absolute Gasteiger partial charge is 0.298 e. The van der Waals surface area contributed by atoms with Gasteiger partial charge in [0.05, 0.1) is 0 Å². The molecule has 0 heterocycles. The summed E-state index contributed by atoms with van der Waals surface area (Å²) in [6.45, 7) is 7.64. The molecule has 0 amide bonds. The molecule has 21 heavy (non-hydrogen) atoms. The number of hydrogen-bond donors (Lipinski definition) is 0. The highest BCUT2D eigenvalue weighted by Crippen LogP contribution is 2.70. The summed E-state index contributed by atoms with van der Waals surface area (Å²) in [6.07, 6.45) is 14.5. The summed E-state index contributed by atoms with van der Waals surface area (Å²) in [5.74, 6) is 2.31. The van der Waals surface area contributed by atoms with Crippen LogP contribution in [-0.4, -0.2) is 6.29 Å². The van der Waals surface area contributed by atoms with Gasteiger partial charge in [0.1, 0.15) is 6.29 Å². The van der Waals surface area contributed by atoms with Crippen molar-refractivity contribution in [3.63, 3.8) is 0 Å². The van der Waals surface area contributed by atoms with Gasteiger partial charge < -0.3 is 0 Å². The molecule has 4 aliphatic carbocycles. The fourth-order valence-corrected chi connectivity index (χ4v) is 7.43. The molecule has 1 nitrogen and oxygen atoms in total. The van der Waals surface area contributed by atoms with Gasteiger partial charge >= 0.3 is 0 Å². The average molecular weight is 286 g/mol. The molecule has 5 unspecified atom stereocenters. The molecule has 3 fully saturated rings.